The molecule has 0 aromatic heterocycles. The second-order valence-corrected chi connectivity index (χ2v) is 5.98. The molecule has 0 aliphatic carbocycles. The zero-order valence-electron chi connectivity index (χ0n) is 16.5. The minimum atomic E-state index is -0.886. The lowest BCUT2D eigenvalue weighted by molar-refractivity contribution is -0.137. The van der Waals surface area contributed by atoms with Crippen LogP contribution in [-0.4, -0.2) is 60.0 Å². The lowest BCUT2D eigenvalue weighted by Gasteiger charge is -2.03. The molecule has 0 saturated carbocycles. The number of nitrogens with zero attached hydrogens (tertiary/aromatic N) is 2. The highest BCUT2D eigenvalue weighted by Gasteiger charge is 2.32. The smallest absolute Gasteiger partial charge is 0.328 e. The number of carbonyl (C=O) groups is 4. The third-order valence-corrected chi connectivity index (χ3v) is 2.87. The summed E-state index contributed by atoms with van der Waals surface area (Å²) in [6.07, 6.45) is 1.58. The van der Waals surface area contributed by atoms with Crippen molar-refractivity contribution in [1.29, 1.82) is 0 Å². The molecule has 1 rings (SSSR count). The van der Waals surface area contributed by atoms with Crippen LogP contribution in [0.5, 0.6) is 0 Å². The van der Waals surface area contributed by atoms with E-state index in [1.807, 2.05) is 13.8 Å². The Morgan fingerprint density at radius 2 is 1.81 bits per heavy atom. The van der Waals surface area contributed by atoms with E-state index in [4.69, 9.17) is 5.11 Å². The average molecular weight is 370 g/mol. The van der Waals surface area contributed by atoms with E-state index in [1.165, 1.54) is 24.9 Å². The molecule has 26 heavy (non-hydrogen) atoms. The summed E-state index contributed by atoms with van der Waals surface area (Å²) in [4.78, 5) is 42.8. The van der Waals surface area contributed by atoms with Gasteiger partial charge in [-0.3, -0.25) is 19.3 Å². The number of amides is 3. The molecule has 0 bridgehead atoms. The standard InChI is InChI=1S/C6H9NO2.C6H11NO2.C5H10N2O/c1-4-3-5(8)7(2)6(4)9;1-5(4-7-2)3-6(8)9;1-4(2)6-7-5(3)8/h4H,3H2,1-2H3;3,7H,4H2,1-2H3,(H,8,9);1-3H3,(H,7,8). The van der Waals surface area contributed by atoms with E-state index in [1.54, 1.807) is 20.9 Å². The topological polar surface area (TPSA) is 128 Å². The van der Waals surface area contributed by atoms with Gasteiger partial charge in [0.15, 0.2) is 0 Å². The third kappa shape index (κ3) is 13.8. The van der Waals surface area contributed by atoms with Gasteiger partial charge in [0.2, 0.25) is 17.7 Å². The number of likely N-dealkylation sites (N-methyl/N-ethyl adjacent to an activating group) is 1. The van der Waals surface area contributed by atoms with E-state index in [9.17, 15) is 19.2 Å². The number of imide groups is 1. The van der Waals surface area contributed by atoms with Crippen LogP contribution in [0, 0.1) is 5.92 Å². The van der Waals surface area contributed by atoms with Crippen LogP contribution in [-0.2, 0) is 19.2 Å². The van der Waals surface area contributed by atoms with Crippen molar-refractivity contribution < 1.29 is 24.3 Å². The van der Waals surface area contributed by atoms with E-state index in [0.717, 1.165) is 11.3 Å². The minimum absolute atomic E-state index is 0.0556. The molecule has 1 atom stereocenters. The first-order chi connectivity index (χ1) is 11.9. The molecule has 9 nitrogen and oxygen atoms in total. The number of hydrazone groups is 1. The molecule has 1 aliphatic heterocycles. The molecule has 0 aromatic carbocycles. The van der Waals surface area contributed by atoms with Gasteiger partial charge in [-0.05, 0) is 27.8 Å². The molecule has 3 N–H and O–H groups in total. The summed E-state index contributed by atoms with van der Waals surface area (Å²) >= 11 is 0. The van der Waals surface area contributed by atoms with Crippen LogP contribution in [0.15, 0.2) is 16.8 Å². The monoisotopic (exact) mass is 370 g/mol. The van der Waals surface area contributed by atoms with Crippen molar-refractivity contribution in [2.24, 2.45) is 11.0 Å². The zero-order valence-corrected chi connectivity index (χ0v) is 16.5. The Kier molecular flexibility index (Phi) is 13.5. The first-order valence-electron chi connectivity index (χ1n) is 8.04. The molecule has 0 radical (unpaired) electrons. The normalized spacial score (nSPS) is 16.0. The third-order valence-electron chi connectivity index (χ3n) is 2.87. The quantitative estimate of drug-likeness (QED) is 0.290. The molecule has 0 aromatic rings. The summed E-state index contributed by atoms with van der Waals surface area (Å²) in [5.41, 5.74) is 3.97. The van der Waals surface area contributed by atoms with E-state index in [0.29, 0.717) is 13.0 Å². The highest BCUT2D eigenvalue weighted by atomic mass is 16.4. The van der Waals surface area contributed by atoms with Crippen LogP contribution in [0.3, 0.4) is 0 Å². The summed E-state index contributed by atoms with van der Waals surface area (Å²) in [5.74, 6) is -1.23. The number of hydrogen-bond donors (Lipinski definition) is 3. The maximum absolute atomic E-state index is 10.8. The Bertz CT molecular complexity index is 566. The maximum Gasteiger partial charge on any atom is 0.328 e. The minimum Gasteiger partial charge on any atom is -0.478 e. The summed E-state index contributed by atoms with van der Waals surface area (Å²) < 4.78 is 0. The first-order valence-corrected chi connectivity index (χ1v) is 8.04. The fourth-order valence-electron chi connectivity index (χ4n) is 1.67. The van der Waals surface area contributed by atoms with Crippen molar-refractivity contribution in [1.82, 2.24) is 15.6 Å². The molecular weight excluding hydrogens is 340 g/mol. The van der Waals surface area contributed by atoms with Crippen molar-refractivity contribution in [2.45, 2.75) is 41.0 Å². The van der Waals surface area contributed by atoms with Gasteiger partial charge in [-0.1, -0.05) is 12.5 Å². The second kappa shape index (κ2) is 13.7. The Labute approximate surface area is 154 Å². The van der Waals surface area contributed by atoms with Gasteiger partial charge in [-0.2, -0.15) is 5.10 Å². The Balaban J connectivity index is 0. The summed E-state index contributed by atoms with van der Waals surface area (Å²) in [6, 6.07) is 0. The Morgan fingerprint density at radius 3 is 2.00 bits per heavy atom. The van der Waals surface area contributed by atoms with Crippen molar-refractivity contribution in [3.63, 3.8) is 0 Å². The van der Waals surface area contributed by atoms with Crippen LogP contribution in [0.2, 0.25) is 0 Å². The SMILES string of the molecule is CC(=O)NN=C(C)C.CC1CC(=O)N(C)C1=O.CNCC(C)=CC(=O)O. The fraction of sp³-hybridized carbons (Fsp3) is 0.588. The molecule has 1 aliphatic rings. The second-order valence-electron chi connectivity index (χ2n) is 5.98. The number of carboxylic acid groups (broad SMARTS) is 1. The predicted octanol–water partition coefficient (Wildman–Crippen LogP) is 0.766. The van der Waals surface area contributed by atoms with Gasteiger partial charge in [-0.15, -0.1) is 0 Å². The van der Waals surface area contributed by atoms with E-state index in [-0.39, 0.29) is 23.6 Å². The Hall–Kier alpha value is -2.55. The highest BCUT2D eigenvalue weighted by Crippen LogP contribution is 2.15. The molecule has 9 heteroatoms. The van der Waals surface area contributed by atoms with Crippen molar-refractivity contribution >= 4 is 29.4 Å². The maximum atomic E-state index is 10.8. The average Bonchev–Trinajstić information content (AvgIpc) is 2.72. The molecule has 148 valence electrons. The summed E-state index contributed by atoms with van der Waals surface area (Å²) in [6.45, 7) is 9.22. The Morgan fingerprint density at radius 1 is 1.27 bits per heavy atom. The van der Waals surface area contributed by atoms with Crippen LogP contribution in [0.4, 0.5) is 0 Å². The molecule has 3 amide bonds. The van der Waals surface area contributed by atoms with Gasteiger partial charge in [0.05, 0.1) is 0 Å². The number of rotatable bonds is 4. The number of carboxylic acids is 1. The molecule has 1 unspecified atom stereocenters. The molecule has 1 saturated heterocycles. The van der Waals surface area contributed by atoms with Crippen molar-refractivity contribution in [3.05, 3.63) is 11.6 Å². The van der Waals surface area contributed by atoms with Gasteiger partial charge in [-0.25, -0.2) is 10.2 Å². The molecule has 0 spiro atoms. The fourth-order valence-corrected chi connectivity index (χ4v) is 1.67. The van der Waals surface area contributed by atoms with Crippen LogP contribution >= 0.6 is 0 Å². The van der Waals surface area contributed by atoms with Crippen LogP contribution < -0.4 is 10.7 Å². The van der Waals surface area contributed by atoms with Crippen LogP contribution in [0.25, 0.3) is 0 Å². The van der Waals surface area contributed by atoms with Gasteiger partial charge in [0.1, 0.15) is 0 Å². The van der Waals surface area contributed by atoms with Gasteiger partial charge >= 0.3 is 5.97 Å². The van der Waals surface area contributed by atoms with Crippen LogP contribution in [0.1, 0.15) is 41.0 Å². The number of nitrogens with one attached hydrogen (secondary N) is 2. The molecule has 1 heterocycles. The van der Waals surface area contributed by atoms with Crippen molar-refractivity contribution in [2.75, 3.05) is 20.6 Å². The number of carbonyl (C=O) groups excluding carboxylic acids is 3. The predicted molar refractivity (Wildman–Crippen MR) is 99.5 cm³/mol. The number of hydrogen-bond acceptors (Lipinski definition) is 6. The number of likely N-dealkylation sites (tertiary alicyclic amines) is 1. The summed E-state index contributed by atoms with van der Waals surface area (Å²) in [7, 11) is 3.30. The lowest BCUT2D eigenvalue weighted by Crippen LogP contribution is -2.24. The van der Waals surface area contributed by atoms with Gasteiger partial charge in [0.25, 0.3) is 0 Å². The van der Waals surface area contributed by atoms with E-state index < -0.39 is 5.97 Å². The zero-order chi connectivity index (χ0) is 20.9. The molecular formula is C17H30N4O5. The molecule has 1 fully saturated rings. The highest BCUT2D eigenvalue weighted by molar-refractivity contribution is 6.02. The first kappa shape index (κ1) is 25.7. The lowest BCUT2D eigenvalue weighted by atomic mass is 10.1. The van der Waals surface area contributed by atoms with Gasteiger partial charge in [0, 0.05) is 44.6 Å². The summed E-state index contributed by atoms with van der Waals surface area (Å²) in [5, 5.41) is 14.7. The largest absolute Gasteiger partial charge is 0.478 e. The van der Waals surface area contributed by atoms with Gasteiger partial charge < -0.3 is 10.4 Å². The van der Waals surface area contributed by atoms with E-state index in [2.05, 4.69) is 15.8 Å². The van der Waals surface area contributed by atoms with E-state index >= 15 is 0 Å². The number of aliphatic carboxylic acids is 1. The van der Waals surface area contributed by atoms with Crippen molar-refractivity contribution in [3.8, 4) is 0 Å².